The van der Waals surface area contributed by atoms with Crippen LogP contribution in [0, 0.1) is 5.92 Å². The van der Waals surface area contributed by atoms with E-state index in [9.17, 15) is 4.79 Å². The number of nitrogens with one attached hydrogen (secondary N) is 1. The quantitative estimate of drug-likeness (QED) is 0.779. The minimum absolute atomic E-state index is 0.134. The molecule has 0 spiro atoms. The van der Waals surface area contributed by atoms with E-state index in [1.807, 2.05) is 6.07 Å². The van der Waals surface area contributed by atoms with E-state index in [1.165, 1.54) is 6.08 Å². The van der Waals surface area contributed by atoms with Gasteiger partial charge < -0.3 is 16.0 Å². The highest BCUT2D eigenvalue weighted by atomic mass is 16.1. The Bertz CT molecular complexity index is 718. The lowest BCUT2D eigenvalue weighted by Crippen LogP contribution is -2.41. The van der Waals surface area contributed by atoms with Gasteiger partial charge in [0.25, 0.3) is 0 Å². The van der Waals surface area contributed by atoms with E-state index >= 15 is 0 Å². The molecule has 1 amide bonds. The summed E-state index contributed by atoms with van der Waals surface area (Å²) in [5, 5.41) is 2.95. The van der Waals surface area contributed by atoms with E-state index < -0.39 is 0 Å². The first-order chi connectivity index (χ1) is 12.2. The number of nitrogens with zero attached hydrogens (tertiary/aromatic N) is 5. The molecule has 1 atom stereocenters. The Kier molecular flexibility index (Phi) is 5.50. The van der Waals surface area contributed by atoms with E-state index in [0.29, 0.717) is 12.5 Å². The Labute approximate surface area is 146 Å². The molecule has 3 rings (SSSR count). The minimum atomic E-state index is -0.134. The highest BCUT2D eigenvalue weighted by Crippen LogP contribution is 2.19. The third-order valence-corrected chi connectivity index (χ3v) is 4.04. The summed E-state index contributed by atoms with van der Waals surface area (Å²) in [5.74, 6) is 1.22. The normalized spacial score (nSPS) is 17.6. The Morgan fingerprint density at radius 2 is 2.04 bits per heavy atom. The summed E-state index contributed by atoms with van der Waals surface area (Å²) in [6.07, 6.45) is 11.9. The van der Waals surface area contributed by atoms with E-state index in [4.69, 9.17) is 5.73 Å². The van der Waals surface area contributed by atoms with Gasteiger partial charge >= 0.3 is 0 Å². The lowest BCUT2D eigenvalue weighted by molar-refractivity contribution is -0.116. The van der Waals surface area contributed by atoms with Crippen LogP contribution in [0.4, 0.5) is 11.9 Å². The van der Waals surface area contributed by atoms with Crippen LogP contribution >= 0.6 is 0 Å². The molecule has 1 aliphatic rings. The van der Waals surface area contributed by atoms with Crippen LogP contribution in [-0.2, 0) is 4.79 Å². The molecule has 0 radical (unpaired) electrons. The molecule has 1 fully saturated rings. The maximum atomic E-state index is 12.0. The van der Waals surface area contributed by atoms with Crippen molar-refractivity contribution in [2.45, 2.75) is 12.8 Å². The lowest BCUT2D eigenvalue weighted by Gasteiger charge is -2.32. The number of carbonyl (C=O) groups is 1. The molecule has 0 aliphatic carbocycles. The monoisotopic (exact) mass is 339 g/mol. The molecule has 25 heavy (non-hydrogen) atoms. The number of hydrogen-bond donors (Lipinski definition) is 2. The van der Waals surface area contributed by atoms with Gasteiger partial charge in [0, 0.05) is 56.1 Å². The number of carbonyl (C=O) groups excluding carboxylic acids is 1. The van der Waals surface area contributed by atoms with Crippen molar-refractivity contribution in [3.63, 3.8) is 0 Å². The molecular weight excluding hydrogens is 318 g/mol. The molecule has 3 N–H and O–H groups in total. The molecule has 0 bridgehead atoms. The summed E-state index contributed by atoms with van der Waals surface area (Å²) in [6, 6.07) is 1.81. The van der Waals surface area contributed by atoms with Gasteiger partial charge in [0.05, 0.1) is 0 Å². The summed E-state index contributed by atoms with van der Waals surface area (Å²) in [6.45, 7) is 2.43. The van der Waals surface area contributed by atoms with Crippen molar-refractivity contribution in [1.82, 2.24) is 25.3 Å². The Morgan fingerprint density at radius 3 is 2.80 bits per heavy atom. The third kappa shape index (κ3) is 4.97. The van der Waals surface area contributed by atoms with Crippen molar-refractivity contribution in [2.24, 2.45) is 5.92 Å². The highest BCUT2D eigenvalue weighted by Gasteiger charge is 2.21. The fourth-order valence-corrected chi connectivity index (χ4v) is 2.78. The largest absolute Gasteiger partial charge is 0.368 e. The van der Waals surface area contributed by atoms with E-state index in [2.05, 4.69) is 30.2 Å². The SMILES string of the molecule is Nc1ncc(C=CC(=O)NCC2CCCN(c3ncccn3)C2)cn1. The first-order valence-corrected chi connectivity index (χ1v) is 8.26. The fourth-order valence-electron chi connectivity index (χ4n) is 2.78. The van der Waals surface area contributed by atoms with Crippen molar-refractivity contribution in [3.8, 4) is 0 Å². The zero-order chi connectivity index (χ0) is 17.5. The predicted octanol–water partition coefficient (Wildman–Crippen LogP) is 0.895. The Morgan fingerprint density at radius 1 is 1.28 bits per heavy atom. The first kappa shape index (κ1) is 16.8. The highest BCUT2D eigenvalue weighted by molar-refractivity contribution is 5.91. The van der Waals surface area contributed by atoms with Crippen LogP contribution in [0.2, 0.25) is 0 Å². The molecule has 8 heteroatoms. The van der Waals surface area contributed by atoms with Gasteiger partial charge in [-0.2, -0.15) is 0 Å². The molecule has 1 unspecified atom stereocenters. The fraction of sp³-hybridized carbons (Fsp3) is 0.353. The number of nitrogen functional groups attached to an aromatic ring is 1. The molecule has 0 aromatic carbocycles. The van der Waals surface area contributed by atoms with Crippen LogP contribution in [0.5, 0.6) is 0 Å². The standard InChI is InChI=1S/C17H21N7O/c18-16-22-9-13(10-23-16)4-5-15(25)21-11-14-3-1-8-24(12-14)17-19-6-2-7-20-17/h2,4-7,9-10,14H,1,3,8,11-12H2,(H,21,25)(H2,18,22,23). The van der Waals surface area contributed by atoms with Crippen molar-refractivity contribution in [3.05, 3.63) is 42.5 Å². The Balaban J connectivity index is 1.47. The number of hydrogen-bond acceptors (Lipinski definition) is 7. The van der Waals surface area contributed by atoms with Gasteiger partial charge in [0.1, 0.15) is 0 Å². The smallest absolute Gasteiger partial charge is 0.244 e. The third-order valence-electron chi connectivity index (χ3n) is 4.04. The van der Waals surface area contributed by atoms with Gasteiger partial charge in [-0.05, 0) is 30.9 Å². The van der Waals surface area contributed by atoms with Crippen LogP contribution in [0.3, 0.4) is 0 Å². The second-order valence-corrected chi connectivity index (χ2v) is 5.96. The van der Waals surface area contributed by atoms with Gasteiger partial charge in [-0.3, -0.25) is 4.79 Å². The van der Waals surface area contributed by atoms with Crippen molar-refractivity contribution in [2.75, 3.05) is 30.3 Å². The summed E-state index contributed by atoms with van der Waals surface area (Å²) in [4.78, 5) is 30.5. The van der Waals surface area contributed by atoms with Gasteiger partial charge in [-0.25, -0.2) is 19.9 Å². The van der Waals surface area contributed by atoms with Crippen LogP contribution in [0.25, 0.3) is 6.08 Å². The van der Waals surface area contributed by atoms with Gasteiger partial charge in [0.15, 0.2) is 0 Å². The summed E-state index contributed by atoms with van der Waals surface area (Å²) in [7, 11) is 0. The van der Waals surface area contributed by atoms with Crippen LogP contribution < -0.4 is 16.0 Å². The molecule has 2 aromatic rings. The van der Waals surface area contributed by atoms with Crippen molar-refractivity contribution < 1.29 is 4.79 Å². The van der Waals surface area contributed by atoms with Gasteiger partial charge in [-0.1, -0.05) is 0 Å². The molecule has 2 aromatic heterocycles. The predicted molar refractivity (Wildman–Crippen MR) is 95.5 cm³/mol. The minimum Gasteiger partial charge on any atom is -0.368 e. The Hall–Kier alpha value is -3.03. The second-order valence-electron chi connectivity index (χ2n) is 5.96. The molecule has 0 saturated carbocycles. The number of rotatable bonds is 5. The molecule has 1 saturated heterocycles. The lowest BCUT2D eigenvalue weighted by atomic mass is 9.98. The number of anilines is 2. The molecular formula is C17H21N7O. The van der Waals surface area contributed by atoms with Crippen molar-refractivity contribution >= 4 is 23.9 Å². The maximum Gasteiger partial charge on any atom is 0.244 e. The van der Waals surface area contributed by atoms with E-state index in [-0.39, 0.29) is 11.9 Å². The molecule has 130 valence electrons. The number of piperidine rings is 1. The number of amides is 1. The van der Waals surface area contributed by atoms with Crippen molar-refractivity contribution in [1.29, 1.82) is 0 Å². The van der Waals surface area contributed by atoms with E-state index in [1.54, 1.807) is 30.9 Å². The average molecular weight is 339 g/mol. The van der Waals surface area contributed by atoms with Gasteiger partial charge in [-0.15, -0.1) is 0 Å². The summed E-state index contributed by atoms with van der Waals surface area (Å²) in [5.41, 5.74) is 6.16. The number of nitrogens with two attached hydrogens (primary N) is 1. The molecule has 1 aliphatic heterocycles. The zero-order valence-electron chi connectivity index (χ0n) is 13.9. The van der Waals surface area contributed by atoms with Crippen LogP contribution in [0.15, 0.2) is 36.9 Å². The van der Waals surface area contributed by atoms with Crippen LogP contribution in [-0.4, -0.2) is 45.5 Å². The second kappa shape index (κ2) is 8.18. The number of aromatic nitrogens is 4. The van der Waals surface area contributed by atoms with Gasteiger partial charge in [0.2, 0.25) is 17.8 Å². The molecule has 8 nitrogen and oxygen atoms in total. The topological polar surface area (TPSA) is 110 Å². The maximum absolute atomic E-state index is 12.0. The summed E-state index contributed by atoms with van der Waals surface area (Å²) < 4.78 is 0. The first-order valence-electron chi connectivity index (χ1n) is 8.26. The molecule has 3 heterocycles. The average Bonchev–Trinajstić information content (AvgIpc) is 2.67. The summed E-state index contributed by atoms with van der Waals surface area (Å²) >= 11 is 0. The van der Waals surface area contributed by atoms with E-state index in [0.717, 1.165) is 37.4 Å². The van der Waals surface area contributed by atoms with Crippen LogP contribution in [0.1, 0.15) is 18.4 Å². The zero-order valence-corrected chi connectivity index (χ0v) is 13.9.